The number of halogens is 4. The molecule has 0 aliphatic rings. The third-order valence-corrected chi connectivity index (χ3v) is 4.67. The predicted octanol–water partition coefficient (Wildman–Crippen LogP) is 4.67. The van der Waals surface area contributed by atoms with Crippen LogP contribution in [0.4, 0.5) is 4.39 Å². The van der Waals surface area contributed by atoms with E-state index in [0.29, 0.717) is 20.1 Å². The summed E-state index contributed by atoms with van der Waals surface area (Å²) in [6.07, 6.45) is -0.935. The van der Waals surface area contributed by atoms with E-state index >= 15 is 0 Å². The first-order valence-electron chi connectivity index (χ1n) is 6.22. The Morgan fingerprint density at radius 2 is 1.76 bits per heavy atom. The van der Waals surface area contributed by atoms with Crippen LogP contribution in [0.5, 0.6) is 0 Å². The highest BCUT2D eigenvalue weighted by Gasteiger charge is 2.23. The zero-order valence-electron chi connectivity index (χ0n) is 10.9. The molecule has 0 bridgehead atoms. The Bertz CT molecular complexity index is 654. The SMILES string of the molecule is NCC(c1ccc(Cl)c(Cl)c1)C(O)c1ccc(Br)c(F)c1. The van der Waals surface area contributed by atoms with Gasteiger partial charge in [-0.2, -0.15) is 0 Å². The summed E-state index contributed by atoms with van der Waals surface area (Å²) in [6.45, 7) is 0.191. The van der Waals surface area contributed by atoms with Crippen LogP contribution in [0, 0.1) is 5.82 Å². The second-order valence-corrected chi connectivity index (χ2v) is 6.30. The van der Waals surface area contributed by atoms with Gasteiger partial charge in [-0.05, 0) is 51.3 Å². The van der Waals surface area contributed by atoms with E-state index in [1.165, 1.54) is 6.07 Å². The molecule has 2 nitrogen and oxygen atoms in total. The molecule has 0 aromatic heterocycles. The van der Waals surface area contributed by atoms with Crippen LogP contribution in [-0.2, 0) is 0 Å². The van der Waals surface area contributed by atoms with Crippen molar-refractivity contribution in [1.29, 1.82) is 0 Å². The third-order valence-electron chi connectivity index (χ3n) is 3.29. The van der Waals surface area contributed by atoms with Crippen molar-refractivity contribution in [3.63, 3.8) is 0 Å². The lowest BCUT2D eigenvalue weighted by atomic mass is 9.89. The number of rotatable bonds is 4. The molecule has 0 radical (unpaired) electrons. The maximum absolute atomic E-state index is 13.6. The minimum absolute atomic E-state index is 0.191. The maximum Gasteiger partial charge on any atom is 0.137 e. The highest BCUT2D eigenvalue weighted by atomic mass is 79.9. The molecule has 2 unspecified atom stereocenters. The second kappa shape index (κ2) is 7.07. The van der Waals surface area contributed by atoms with Crippen molar-refractivity contribution in [2.24, 2.45) is 5.73 Å². The number of aliphatic hydroxyl groups is 1. The molecule has 2 aromatic rings. The zero-order chi connectivity index (χ0) is 15.6. The Labute approximate surface area is 140 Å². The van der Waals surface area contributed by atoms with Gasteiger partial charge in [0.15, 0.2) is 0 Å². The van der Waals surface area contributed by atoms with Gasteiger partial charge in [-0.15, -0.1) is 0 Å². The van der Waals surface area contributed by atoms with Crippen LogP contribution in [0.2, 0.25) is 10.0 Å². The largest absolute Gasteiger partial charge is 0.388 e. The molecule has 3 N–H and O–H groups in total. The van der Waals surface area contributed by atoms with Gasteiger partial charge < -0.3 is 10.8 Å². The van der Waals surface area contributed by atoms with Crippen molar-refractivity contribution in [1.82, 2.24) is 0 Å². The molecular formula is C15H13BrCl2FNO. The average molecular weight is 393 g/mol. The smallest absolute Gasteiger partial charge is 0.137 e. The lowest BCUT2D eigenvalue weighted by molar-refractivity contribution is 0.147. The standard InChI is InChI=1S/C15H13BrCl2FNO/c16-11-3-1-9(6-14(11)19)15(21)10(7-20)8-2-4-12(17)13(18)5-8/h1-6,10,15,21H,7,20H2. The summed E-state index contributed by atoms with van der Waals surface area (Å²) in [7, 11) is 0. The summed E-state index contributed by atoms with van der Waals surface area (Å²) in [6, 6.07) is 9.56. The van der Waals surface area contributed by atoms with Crippen molar-refractivity contribution in [2.45, 2.75) is 12.0 Å². The van der Waals surface area contributed by atoms with Gasteiger partial charge in [0.25, 0.3) is 0 Å². The van der Waals surface area contributed by atoms with E-state index in [1.54, 1.807) is 30.3 Å². The Morgan fingerprint density at radius 1 is 1.10 bits per heavy atom. The predicted molar refractivity (Wildman–Crippen MR) is 87.3 cm³/mol. The Balaban J connectivity index is 2.35. The van der Waals surface area contributed by atoms with E-state index in [9.17, 15) is 9.50 Å². The fourth-order valence-electron chi connectivity index (χ4n) is 2.12. The van der Waals surface area contributed by atoms with Crippen LogP contribution >= 0.6 is 39.1 Å². The van der Waals surface area contributed by atoms with Crippen LogP contribution in [0.1, 0.15) is 23.1 Å². The van der Waals surface area contributed by atoms with Crippen molar-refractivity contribution in [3.05, 3.63) is 67.9 Å². The summed E-state index contributed by atoms with van der Waals surface area (Å²) < 4.78 is 13.9. The molecule has 2 rings (SSSR count). The lowest BCUT2D eigenvalue weighted by Gasteiger charge is -2.23. The summed E-state index contributed by atoms with van der Waals surface area (Å²) in [4.78, 5) is 0. The molecule has 112 valence electrons. The molecule has 0 aliphatic heterocycles. The number of hydrogen-bond donors (Lipinski definition) is 2. The number of nitrogens with two attached hydrogens (primary N) is 1. The second-order valence-electron chi connectivity index (χ2n) is 4.63. The van der Waals surface area contributed by atoms with Crippen molar-refractivity contribution in [3.8, 4) is 0 Å². The minimum Gasteiger partial charge on any atom is -0.388 e. The molecule has 2 aromatic carbocycles. The van der Waals surface area contributed by atoms with E-state index in [4.69, 9.17) is 28.9 Å². The number of hydrogen-bond acceptors (Lipinski definition) is 2. The fraction of sp³-hybridized carbons (Fsp3) is 0.200. The highest BCUT2D eigenvalue weighted by molar-refractivity contribution is 9.10. The molecular weight excluding hydrogens is 380 g/mol. The molecule has 0 saturated carbocycles. The quantitative estimate of drug-likeness (QED) is 0.793. The van der Waals surface area contributed by atoms with Gasteiger partial charge in [0.1, 0.15) is 5.82 Å². The van der Waals surface area contributed by atoms with Crippen LogP contribution in [-0.4, -0.2) is 11.7 Å². The molecule has 0 amide bonds. The topological polar surface area (TPSA) is 46.2 Å². The zero-order valence-corrected chi connectivity index (χ0v) is 14.0. The van der Waals surface area contributed by atoms with Gasteiger partial charge in [-0.1, -0.05) is 35.3 Å². The van der Waals surface area contributed by atoms with Crippen molar-refractivity contribution >= 4 is 39.1 Å². The molecule has 6 heteroatoms. The summed E-state index contributed by atoms with van der Waals surface area (Å²) in [5.74, 6) is -0.836. The van der Waals surface area contributed by atoms with Crippen LogP contribution in [0.15, 0.2) is 40.9 Å². The Kier molecular flexibility index (Phi) is 5.63. The Morgan fingerprint density at radius 3 is 2.33 bits per heavy atom. The molecule has 0 aliphatic carbocycles. The number of aliphatic hydroxyl groups excluding tert-OH is 1. The van der Waals surface area contributed by atoms with Gasteiger partial charge in [0.05, 0.1) is 20.6 Å². The van der Waals surface area contributed by atoms with Gasteiger partial charge in [0.2, 0.25) is 0 Å². The van der Waals surface area contributed by atoms with Gasteiger partial charge >= 0.3 is 0 Å². The fourth-order valence-corrected chi connectivity index (χ4v) is 2.67. The summed E-state index contributed by atoms with van der Waals surface area (Å²) >= 11 is 15.0. The molecule has 2 atom stereocenters. The average Bonchev–Trinajstić information content (AvgIpc) is 2.46. The van der Waals surface area contributed by atoms with Gasteiger partial charge in [-0.3, -0.25) is 0 Å². The molecule has 0 spiro atoms. The van der Waals surface area contributed by atoms with Crippen LogP contribution < -0.4 is 5.73 Å². The molecule has 0 fully saturated rings. The first-order valence-corrected chi connectivity index (χ1v) is 7.77. The van der Waals surface area contributed by atoms with E-state index in [1.807, 2.05) is 0 Å². The first-order chi connectivity index (χ1) is 9.93. The number of benzene rings is 2. The molecule has 0 saturated heterocycles. The molecule has 21 heavy (non-hydrogen) atoms. The van der Waals surface area contributed by atoms with E-state index in [2.05, 4.69) is 15.9 Å². The van der Waals surface area contributed by atoms with Crippen molar-refractivity contribution in [2.75, 3.05) is 6.54 Å². The van der Waals surface area contributed by atoms with E-state index < -0.39 is 17.8 Å². The molecule has 0 heterocycles. The third kappa shape index (κ3) is 3.76. The van der Waals surface area contributed by atoms with Gasteiger partial charge in [0, 0.05) is 12.5 Å². The lowest BCUT2D eigenvalue weighted by Crippen LogP contribution is -2.20. The highest BCUT2D eigenvalue weighted by Crippen LogP contribution is 2.34. The normalized spacial score (nSPS) is 14.0. The maximum atomic E-state index is 13.6. The first kappa shape index (κ1) is 16.7. The summed E-state index contributed by atoms with van der Waals surface area (Å²) in [5.41, 5.74) is 6.97. The van der Waals surface area contributed by atoms with E-state index in [-0.39, 0.29) is 6.54 Å². The van der Waals surface area contributed by atoms with Crippen LogP contribution in [0.3, 0.4) is 0 Å². The van der Waals surface area contributed by atoms with Crippen LogP contribution in [0.25, 0.3) is 0 Å². The van der Waals surface area contributed by atoms with E-state index in [0.717, 1.165) is 5.56 Å². The van der Waals surface area contributed by atoms with Gasteiger partial charge in [-0.25, -0.2) is 4.39 Å². The minimum atomic E-state index is -0.935. The Hall–Kier alpha value is -0.650. The van der Waals surface area contributed by atoms with Crippen molar-refractivity contribution < 1.29 is 9.50 Å². The monoisotopic (exact) mass is 391 g/mol. The summed E-state index contributed by atoms with van der Waals surface area (Å²) in [5, 5.41) is 11.3.